The summed E-state index contributed by atoms with van der Waals surface area (Å²) >= 11 is 0. The molecule has 1 fully saturated rings. The molecule has 0 N–H and O–H groups in total. The number of rotatable bonds is 5. The van der Waals surface area contributed by atoms with E-state index in [1.165, 1.54) is 29.4 Å². The lowest BCUT2D eigenvalue weighted by atomic mass is 9.83. The van der Waals surface area contributed by atoms with E-state index in [9.17, 15) is 24.5 Å². The quantitative estimate of drug-likeness (QED) is 0.383. The summed E-state index contributed by atoms with van der Waals surface area (Å²) in [5, 5.41) is 11.5. The lowest BCUT2D eigenvalue weighted by molar-refractivity contribution is -0.386. The van der Waals surface area contributed by atoms with Crippen molar-refractivity contribution in [3.05, 3.63) is 66.6 Å². The van der Waals surface area contributed by atoms with Crippen molar-refractivity contribution in [1.29, 1.82) is 0 Å². The summed E-state index contributed by atoms with van der Waals surface area (Å²) in [6.07, 6.45) is 0.791. The normalized spacial score (nSPS) is 18.6. The number of hydrogen-bond acceptors (Lipinski definition) is 8. The highest BCUT2D eigenvalue weighted by Crippen LogP contribution is 2.36. The monoisotopic (exact) mass is 495 g/mol. The summed E-state index contributed by atoms with van der Waals surface area (Å²) in [4.78, 5) is 55.9. The molecule has 0 radical (unpaired) electrons. The fourth-order valence-electron chi connectivity index (χ4n) is 5.36. The Morgan fingerprint density at radius 1 is 1.11 bits per heavy atom. The standard InChI is InChI=1S/C24H25N5O7/c1-13-25-17-8-21(36-3)20(35-2)7-16(17)23(31)27(13)12-22(30)26-9-14-6-15(11-26)18-4-5-19(29(33)34)24(32)28(18)10-14/h4-5,7-8,14-15H,6,9-12H2,1-3H3/t14-,15-/m0/s1. The van der Waals surface area contributed by atoms with E-state index >= 15 is 0 Å². The van der Waals surface area contributed by atoms with Crippen LogP contribution in [0, 0.1) is 23.0 Å². The largest absolute Gasteiger partial charge is 0.493 e. The number of likely N-dealkylation sites (tertiary alicyclic amines) is 1. The molecule has 1 saturated heterocycles. The summed E-state index contributed by atoms with van der Waals surface area (Å²) in [6, 6.07) is 6.04. The molecule has 2 atom stereocenters. The van der Waals surface area contributed by atoms with E-state index in [0.717, 1.165) is 6.42 Å². The van der Waals surface area contributed by atoms with E-state index in [1.54, 1.807) is 30.0 Å². The van der Waals surface area contributed by atoms with Crippen LogP contribution in [0.2, 0.25) is 0 Å². The van der Waals surface area contributed by atoms with Gasteiger partial charge in [0.2, 0.25) is 5.91 Å². The van der Waals surface area contributed by atoms with Gasteiger partial charge in [0.25, 0.3) is 5.56 Å². The number of aromatic nitrogens is 3. The highest BCUT2D eigenvalue weighted by Gasteiger charge is 2.37. The second-order valence-corrected chi connectivity index (χ2v) is 9.19. The fourth-order valence-corrected chi connectivity index (χ4v) is 5.36. The second-order valence-electron chi connectivity index (χ2n) is 9.19. The van der Waals surface area contributed by atoms with E-state index < -0.39 is 16.2 Å². The Morgan fingerprint density at radius 3 is 2.53 bits per heavy atom. The Hall–Kier alpha value is -4.22. The molecule has 12 nitrogen and oxygen atoms in total. The molecule has 12 heteroatoms. The van der Waals surface area contributed by atoms with E-state index in [0.29, 0.717) is 53.6 Å². The molecule has 188 valence electrons. The van der Waals surface area contributed by atoms with Gasteiger partial charge in [-0.3, -0.25) is 29.1 Å². The number of piperidine rings is 1. The minimum absolute atomic E-state index is 0.0100. The Bertz CT molecular complexity index is 1530. The molecule has 36 heavy (non-hydrogen) atoms. The van der Waals surface area contributed by atoms with Crippen molar-refractivity contribution < 1.29 is 19.2 Å². The SMILES string of the molecule is COc1cc2nc(C)n(CC(=O)N3C[C@@H]4C[C@@H](C3)c3ccc([N+](=O)[O-])c(=O)n3C4)c(=O)c2cc1OC. The van der Waals surface area contributed by atoms with Crippen LogP contribution >= 0.6 is 0 Å². The number of nitro groups is 1. The molecule has 2 bridgehead atoms. The number of nitrogens with zero attached hydrogens (tertiary/aromatic N) is 5. The smallest absolute Gasteiger partial charge is 0.334 e. The van der Waals surface area contributed by atoms with Crippen molar-refractivity contribution in [2.45, 2.75) is 32.4 Å². The topological polar surface area (TPSA) is 139 Å². The minimum atomic E-state index is -0.667. The zero-order chi connectivity index (χ0) is 25.7. The van der Waals surface area contributed by atoms with Gasteiger partial charge in [-0.1, -0.05) is 0 Å². The number of hydrogen-bond donors (Lipinski definition) is 0. The van der Waals surface area contributed by atoms with Crippen LogP contribution in [0.4, 0.5) is 5.69 Å². The molecule has 0 aliphatic carbocycles. The number of methoxy groups -OCH3 is 2. The highest BCUT2D eigenvalue weighted by atomic mass is 16.6. The van der Waals surface area contributed by atoms with Crippen molar-refractivity contribution in [3.8, 4) is 11.5 Å². The van der Waals surface area contributed by atoms with E-state index in [2.05, 4.69) is 4.98 Å². The Kier molecular flexibility index (Phi) is 5.73. The van der Waals surface area contributed by atoms with Crippen molar-refractivity contribution in [3.63, 3.8) is 0 Å². The van der Waals surface area contributed by atoms with Gasteiger partial charge in [0.1, 0.15) is 12.4 Å². The fraction of sp³-hybridized carbons (Fsp3) is 0.417. The molecule has 0 unspecified atom stereocenters. The molecule has 1 amide bonds. The van der Waals surface area contributed by atoms with Crippen LogP contribution in [0.1, 0.15) is 23.9 Å². The number of pyridine rings is 1. The minimum Gasteiger partial charge on any atom is -0.493 e. The van der Waals surface area contributed by atoms with Gasteiger partial charge in [0.15, 0.2) is 11.5 Å². The molecule has 3 aromatic rings. The highest BCUT2D eigenvalue weighted by molar-refractivity contribution is 5.83. The van der Waals surface area contributed by atoms with Crippen LogP contribution in [0.25, 0.3) is 10.9 Å². The molecule has 2 aliphatic rings. The van der Waals surface area contributed by atoms with Crippen molar-refractivity contribution >= 4 is 22.5 Å². The molecule has 5 rings (SSSR count). The van der Waals surface area contributed by atoms with Crippen molar-refractivity contribution in [2.24, 2.45) is 5.92 Å². The first kappa shape index (κ1) is 23.5. The average molecular weight is 495 g/mol. The Morgan fingerprint density at radius 2 is 1.83 bits per heavy atom. The first-order valence-electron chi connectivity index (χ1n) is 11.5. The van der Waals surface area contributed by atoms with Crippen LogP contribution < -0.4 is 20.6 Å². The number of aryl methyl sites for hydroxylation is 1. The maximum Gasteiger partial charge on any atom is 0.334 e. The van der Waals surface area contributed by atoms with Gasteiger partial charge in [-0.05, 0) is 31.4 Å². The first-order valence-corrected chi connectivity index (χ1v) is 11.5. The number of benzene rings is 1. The molecule has 0 saturated carbocycles. The van der Waals surface area contributed by atoms with E-state index in [-0.39, 0.29) is 29.8 Å². The Balaban J connectivity index is 1.43. The van der Waals surface area contributed by atoms with Crippen LogP contribution in [0.3, 0.4) is 0 Å². The van der Waals surface area contributed by atoms with Crippen LogP contribution in [0.5, 0.6) is 11.5 Å². The number of fused-ring (bicyclic) bond motifs is 5. The van der Waals surface area contributed by atoms with Gasteiger partial charge in [-0.25, -0.2) is 4.98 Å². The second kappa shape index (κ2) is 8.77. The van der Waals surface area contributed by atoms with Gasteiger partial charge >= 0.3 is 11.2 Å². The summed E-state index contributed by atoms with van der Waals surface area (Å²) in [7, 11) is 2.98. The molecule has 2 aromatic heterocycles. The predicted octanol–water partition coefficient (Wildman–Crippen LogP) is 1.44. The van der Waals surface area contributed by atoms with Crippen LogP contribution in [-0.4, -0.2) is 57.2 Å². The first-order chi connectivity index (χ1) is 17.2. The van der Waals surface area contributed by atoms with Gasteiger partial charge < -0.3 is 18.9 Å². The number of carbonyl (C=O) groups is 1. The third-order valence-electron chi connectivity index (χ3n) is 7.08. The summed E-state index contributed by atoms with van der Waals surface area (Å²) < 4.78 is 13.4. The van der Waals surface area contributed by atoms with Crippen LogP contribution in [0.15, 0.2) is 33.9 Å². The van der Waals surface area contributed by atoms with Gasteiger partial charge in [0.05, 0.1) is 30.0 Å². The molecular weight excluding hydrogens is 470 g/mol. The predicted molar refractivity (Wildman–Crippen MR) is 129 cm³/mol. The summed E-state index contributed by atoms with van der Waals surface area (Å²) in [5.41, 5.74) is -0.264. The number of carbonyl (C=O) groups excluding carboxylic acids is 1. The lowest BCUT2D eigenvalue weighted by Crippen LogP contribution is -2.50. The summed E-state index contributed by atoms with van der Waals surface area (Å²) in [5.74, 6) is 0.894. The number of amides is 1. The third-order valence-corrected chi connectivity index (χ3v) is 7.08. The van der Waals surface area contributed by atoms with E-state index in [4.69, 9.17) is 9.47 Å². The van der Waals surface area contributed by atoms with Crippen molar-refractivity contribution in [2.75, 3.05) is 27.3 Å². The van der Waals surface area contributed by atoms with Gasteiger partial charge in [0, 0.05) is 43.4 Å². The van der Waals surface area contributed by atoms with Gasteiger partial charge in [-0.15, -0.1) is 0 Å². The zero-order valence-corrected chi connectivity index (χ0v) is 20.1. The lowest BCUT2D eigenvalue weighted by Gasteiger charge is -2.42. The van der Waals surface area contributed by atoms with E-state index in [1.807, 2.05) is 0 Å². The molecule has 1 aromatic carbocycles. The van der Waals surface area contributed by atoms with Gasteiger partial charge in [-0.2, -0.15) is 0 Å². The molecule has 4 heterocycles. The van der Waals surface area contributed by atoms with Crippen LogP contribution in [-0.2, 0) is 17.9 Å². The maximum atomic E-state index is 13.3. The molecule has 2 aliphatic heterocycles. The summed E-state index contributed by atoms with van der Waals surface area (Å²) in [6.45, 7) is 2.59. The zero-order valence-electron chi connectivity index (χ0n) is 20.1. The third kappa shape index (κ3) is 3.78. The van der Waals surface area contributed by atoms with Crippen molar-refractivity contribution in [1.82, 2.24) is 19.0 Å². The maximum absolute atomic E-state index is 13.3. The molecular formula is C24H25N5O7. The Labute approximate surface area is 204 Å². The average Bonchev–Trinajstić information content (AvgIpc) is 2.86. The molecule has 0 spiro atoms. The number of ether oxygens (including phenoxy) is 2.